The van der Waals surface area contributed by atoms with E-state index in [1.54, 1.807) is 11.3 Å². The summed E-state index contributed by atoms with van der Waals surface area (Å²) < 4.78 is 5.62. The highest BCUT2D eigenvalue weighted by Gasteiger charge is 2.03. The van der Waals surface area contributed by atoms with Crippen LogP contribution in [-0.4, -0.2) is 16.7 Å². The van der Waals surface area contributed by atoms with Crippen molar-refractivity contribution < 1.29 is 4.74 Å². The first-order valence-electron chi connectivity index (χ1n) is 6.56. The zero-order chi connectivity index (χ0) is 13.7. The molecule has 0 aliphatic carbocycles. The van der Waals surface area contributed by atoms with E-state index in [2.05, 4.69) is 41.5 Å². The average Bonchev–Trinajstić information content (AvgIpc) is 2.95. The maximum absolute atomic E-state index is 5.62. The van der Waals surface area contributed by atoms with Gasteiger partial charge < -0.3 is 10.1 Å². The first-order chi connectivity index (χ1) is 9.13. The lowest BCUT2D eigenvalue weighted by Crippen LogP contribution is -2.18. The average molecular weight is 279 g/mol. The number of rotatable bonds is 7. The minimum Gasteiger partial charge on any atom is -0.471 e. The van der Waals surface area contributed by atoms with E-state index < -0.39 is 0 Å². The van der Waals surface area contributed by atoms with Crippen LogP contribution in [0.3, 0.4) is 0 Å². The van der Waals surface area contributed by atoms with Gasteiger partial charge >= 0.3 is 0 Å². The molecular weight excluding hydrogens is 258 g/mol. The van der Waals surface area contributed by atoms with Crippen LogP contribution in [0.2, 0.25) is 0 Å². The highest BCUT2D eigenvalue weighted by atomic mass is 32.1. The third kappa shape index (κ3) is 4.69. The second-order valence-corrected chi connectivity index (χ2v) is 6.32. The Hall–Kier alpha value is -1.33. The van der Waals surface area contributed by atoms with E-state index in [-0.39, 0.29) is 0 Å². The van der Waals surface area contributed by atoms with E-state index in [0.717, 1.165) is 18.8 Å². The molecule has 0 aliphatic heterocycles. The van der Waals surface area contributed by atoms with Crippen LogP contribution in [0.25, 0.3) is 0 Å². The van der Waals surface area contributed by atoms with Crippen LogP contribution in [0.1, 0.15) is 29.3 Å². The van der Waals surface area contributed by atoms with Crippen molar-refractivity contribution in [3.05, 3.63) is 33.6 Å². The van der Waals surface area contributed by atoms with Crippen molar-refractivity contribution in [2.75, 3.05) is 6.54 Å². The predicted molar refractivity (Wildman–Crippen MR) is 78.5 cm³/mol. The summed E-state index contributed by atoms with van der Waals surface area (Å²) in [5, 5.41) is 10.4. The van der Waals surface area contributed by atoms with Gasteiger partial charge in [0.2, 0.25) is 5.88 Å². The number of nitrogens with one attached hydrogen (secondary N) is 2. The molecule has 0 atom stereocenters. The molecule has 0 aliphatic rings. The first-order valence-corrected chi connectivity index (χ1v) is 7.38. The van der Waals surface area contributed by atoms with Crippen LogP contribution in [0.5, 0.6) is 5.88 Å². The molecule has 0 amide bonds. The van der Waals surface area contributed by atoms with E-state index in [9.17, 15) is 0 Å². The fourth-order valence-electron chi connectivity index (χ4n) is 1.69. The van der Waals surface area contributed by atoms with Crippen LogP contribution in [0.15, 0.2) is 18.2 Å². The molecule has 0 saturated carbocycles. The lowest BCUT2D eigenvalue weighted by molar-refractivity contribution is 0.297. The molecule has 19 heavy (non-hydrogen) atoms. The molecular formula is C14H21N3OS. The Kier molecular flexibility index (Phi) is 4.99. The van der Waals surface area contributed by atoms with Gasteiger partial charge in [0.1, 0.15) is 6.61 Å². The van der Waals surface area contributed by atoms with E-state index >= 15 is 0 Å². The van der Waals surface area contributed by atoms with E-state index in [1.165, 1.54) is 9.75 Å². The summed E-state index contributed by atoms with van der Waals surface area (Å²) in [6.45, 7) is 8.96. The maximum Gasteiger partial charge on any atom is 0.233 e. The topological polar surface area (TPSA) is 49.9 Å². The molecule has 0 fully saturated rings. The van der Waals surface area contributed by atoms with Crippen molar-refractivity contribution in [2.24, 2.45) is 5.92 Å². The lowest BCUT2D eigenvalue weighted by atomic mass is 10.2. The van der Waals surface area contributed by atoms with E-state index in [1.807, 2.05) is 13.0 Å². The minimum absolute atomic E-state index is 0.582. The molecule has 5 heteroatoms. The van der Waals surface area contributed by atoms with Crippen molar-refractivity contribution in [3.63, 3.8) is 0 Å². The molecule has 0 bridgehead atoms. The summed E-state index contributed by atoms with van der Waals surface area (Å²) in [7, 11) is 0. The van der Waals surface area contributed by atoms with Gasteiger partial charge in [0.05, 0.1) is 0 Å². The van der Waals surface area contributed by atoms with Gasteiger partial charge in [-0.2, -0.15) is 0 Å². The van der Waals surface area contributed by atoms with Gasteiger partial charge in [0, 0.05) is 28.1 Å². The molecule has 0 unspecified atom stereocenters. The van der Waals surface area contributed by atoms with Gasteiger partial charge in [-0.05, 0) is 31.5 Å². The third-order valence-corrected chi connectivity index (χ3v) is 3.67. The number of H-pyrrole nitrogens is 1. The second kappa shape index (κ2) is 6.73. The van der Waals surface area contributed by atoms with Crippen molar-refractivity contribution in [3.8, 4) is 5.88 Å². The second-order valence-electron chi connectivity index (χ2n) is 5.07. The van der Waals surface area contributed by atoms with E-state index in [0.29, 0.717) is 18.4 Å². The smallest absolute Gasteiger partial charge is 0.233 e. The van der Waals surface area contributed by atoms with Crippen molar-refractivity contribution in [1.29, 1.82) is 0 Å². The highest BCUT2D eigenvalue weighted by Crippen LogP contribution is 2.18. The number of aromatic amines is 1. The van der Waals surface area contributed by atoms with Crippen LogP contribution < -0.4 is 10.1 Å². The Labute approximate surface area is 118 Å². The normalized spacial score (nSPS) is 11.2. The molecule has 2 rings (SSSR count). The molecule has 0 spiro atoms. The fraction of sp³-hybridized carbons (Fsp3) is 0.500. The summed E-state index contributed by atoms with van der Waals surface area (Å²) in [5.41, 5.74) is 1.01. The largest absolute Gasteiger partial charge is 0.471 e. The Morgan fingerprint density at radius 1 is 1.37 bits per heavy atom. The number of hydrogen-bond acceptors (Lipinski definition) is 4. The van der Waals surface area contributed by atoms with E-state index in [4.69, 9.17) is 4.74 Å². The molecule has 2 heterocycles. The Bertz CT molecular complexity index is 504. The van der Waals surface area contributed by atoms with Crippen molar-refractivity contribution >= 4 is 11.3 Å². The van der Waals surface area contributed by atoms with Crippen LogP contribution in [-0.2, 0) is 13.2 Å². The van der Waals surface area contributed by atoms with Gasteiger partial charge in [0.15, 0.2) is 0 Å². The summed E-state index contributed by atoms with van der Waals surface area (Å²) in [5.74, 6) is 1.34. The van der Waals surface area contributed by atoms with Crippen molar-refractivity contribution in [1.82, 2.24) is 15.5 Å². The molecule has 0 saturated heterocycles. The lowest BCUT2D eigenvalue weighted by Gasteiger charge is -2.05. The first kappa shape index (κ1) is 14.1. The molecule has 4 nitrogen and oxygen atoms in total. The quantitative estimate of drug-likeness (QED) is 0.819. The zero-order valence-corrected chi connectivity index (χ0v) is 12.5. The summed E-state index contributed by atoms with van der Waals surface area (Å²) >= 11 is 1.79. The van der Waals surface area contributed by atoms with Gasteiger partial charge in [-0.25, -0.2) is 0 Å². The SMILES string of the molecule is Cc1cc(OCc2ccc(CNCC(C)C)s2)n[nH]1. The monoisotopic (exact) mass is 279 g/mol. The molecule has 0 radical (unpaired) electrons. The number of aromatic nitrogens is 2. The fourth-order valence-corrected chi connectivity index (χ4v) is 2.59. The zero-order valence-electron chi connectivity index (χ0n) is 11.7. The van der Waals surface area contributed by atoms with Crippen molar-refractivity contribution in [2.45, 2.75) is 33.9 Å². The van der Waals surface area contributed by atoms with Gasteiger partial charge in [-0.3, -0.25) is 5.10 Å². The molecule has 104 valence electrons. The summed E-state index contributed by atoms with van der Waals surface area (Å²) in [6.07, 6.45) is 0. The highest BCUT2D eigenvalue weighted by molar-refractivity contribution is 7.11. The minimum atomic E-state index is 0.582. The summed E-state index contributed by atoms with van der Waals surface area (Å²) in [4.78, 5) is 2.57. The third-order valence-electron chi connectivity index (χ3n) is 2.61. The van der Waals surface area contributed by atoms with Crippen LogP contribution in [0.4, 0.5) is 0 Å². The Balaban J connectivity index is 1.77. The molecule has 2 aromatic rings. The number of aryl methyl sites for hydroxylation is 1. The Morgan fingerprint density at radius 2 is 2.16 bits per heavy atom. The Morgan fingerprint density at radius 3 is 2.84 bits per heavy atom. The van der Waals surface area contributed by atoms with Gasteiger partial charge in [0.25, 0.3) is 0 Å². The number of thiophene rings is 1. The molecule has 2 aromatic heterocycles. The van der Waals surface area contributed by atoms with Gasteiger partial charge in [-0.15, -0.1) is 16.4 Å². The maximum atomic E-state index is 5.62. The number of ether oxygens (including phenoxy) is 1. The van der Waals surface area contributed by atoms with Gasteiger partial charge in [-0.1, -0.05) is 13.8 Å². The predicted octanol–water partition coefficient (Wildman–Crippen LogP) is 3.10. The molecule has 2 N–H and O–H groups in total. The van der Waals surface area contributed by atoms with Crippen LogP contribution in [0, 0.1) is 12.8 Å². The standard InChI is InChI=1S/C14H21N3OS/c1-10(2)7-15-8-12-4-5-13(19-12)9-18-14-6-11(3)16-17-14/h4-6,10,15H,7-9H2,1-3H3,(H,16,17). The number of hydrogen-bond donors (Lipinski definition) is 2. The molecule has 0 aromatic carbocycles. The van der Waals surface area contributed by atoms with Crippen LogP contribution >= 0.6 is 11.3 Å². The number of nitrogens with zero attached hydrogens (tertiary/aromatic N) is 1. The summed E-state index contributed by atoms with van der Waals surface area (Å²) in [6, 6.07) is 6.18.